The van der Waals surface area contributed by atoms with Crippen molar-refractivity contribution in [3.63, 3.8) is 0 Å². The molecular weight excluding hydrogens is 416 g/mol. The minimum atomic E-state index is -4.81. The molecule has 0 radical (unpaired) electrons. The fraction of sp³-hybridized carbons (Fsp3) is 0.286. The van der Waals surface area contributed by atoms with Crippen LogP contribution in [0.2, 0.25) is 0 Å². The van der Waals surface area contributed by atoms with Crippen molar-refractivity contribution in [3.8, 4) is 11.4 Å². The van der Waals surface area contributed by atoms with E-state index < -0.39 is 34.7 Å². The van der Waals surface area contributed by atoms with Gasteiger partial charge in [0.05, 0.1) is 41.9 Å². The largest absolute Gasteiger partial charge is 0.494 e. The lowest BCUT2D eigenvalue weighted by atomic mass is 10.1. The van der Waals surface area contributed by atoms with E-state index in [0.717, 1.165) is 23.1 Å². The first-order chi connectivity index (χ1) is 14.7. The van der Waals surface area contributed by atoms with Crippen molar-refractivity contribution in [1.82, 2.24) is 14.9 Å². The number of halogens is 4. The molecule has 0 amide bonds. The van der Waals surface area contributed by atoms with Gasteiger partial charge >= 0.3 is 6.18 Å². The Morgan fingerprint density at radius 3 is 2.65 bits per heavy atom. The van der Waals surface area contributed by atoms with Crippen molar-refractivity contribution < 1.29 is 22.3 Å². The predicted octanol–water partition coefficient (Wildman–Crippen LogP) is 4.53. The molecule has 1 atom stereocenters. The second-order valence-electron chi connectivity index (χ2n) is 7.08. The van der Waals surface area contributed by atoms with Gasteiger partial charge in [-0.3, -0.25) is 9.36 Å². The molecule has 31 heavy (non-hydrogen) atoms. The topological polar surface area (TPSA) is 60.5 Å². The molecule has 3 aromatic rings. The zero-order valence-electron chi connectivity index (χ0n) is 16.3. The van der Waals surface area contributed by atoms with Gasteiger partial charge in [0.1, 0.15) is 5.82 Å². The number of methoxy groups -OCH3 is 1. The van der Waals surface area contributed by atoms with Crippen molar-refractivity contribution in [2.45, 2.75) is 25.1 Å². The number of alkyl halides is 3. The number of nitrogens with zero attached hydrogens (tertiary/aromatic N) is 3. The summed E-state index contributed by atoms with van der Waals surface area (Å²) in [6, 6.07) is 5.10. The van der Waals surface area contributed by atoms with E-state index in [-0.39, 0.29) is 28.3 Å². The summed E-state index contributed by atoms with van der Waals surface area (Å²) in [4.78, 5) is 20.7. The monoisotopic (exact) mass is 432 g/mol. The fourth-order valence-corrected chi connectivity index (χ4v) is 3.75. The van der Waals surface area contributed by atoms with Crippen molar-refractivity contribution >= 4 is 16.6 Å². The number of hydrogen-bond donors (Lipinski definition) is 1. The van der Waals surface area contributed by atoms with Gasteiger partial charge in [0.25, 0.3) is 5.56 Å². The molecule has 1 fully saturated rings. The summed E-state index contributed by atoms with van der Waals surface area (Å²) in [5, 5.41) is 2.76. The maximum absolute atomic E-state index is 14.4. The first-order valence-corrected chi connectivity index (χ1v) is 9.37. The molecule has 2 aromatic carbocycles. The van der Waals surface area contributed by atoms with Crippen LogP contribution in [0.3, 0.4) is 0 Å². The van der Waals surface area contributed by atoms with Crippen LogP contribution in [-0.4, -0.2) is 23.2 Å². The SMILES string of the molecule is [C-]#[N+]c1cc(C(F)(F)F)c2nc([C@H]3CCCN3)n(-c3ccc(OC)c(F)c3)c(=O)c2c1. The molecular formula is C21H16F4N4O2. The molecule has 6 nitrogen and oxygen atoms in total. The molecule has 0 unspecified atom stereocenters. The van der Waals surface area contributed by atoms with Gasteiger partial charge in [0, 0.05) is 6.07 Å². The summed E-state index contributed by atoms with van der Waals surface area (Å²) in [5.41, 5.74) is -2.73. The van der Waals surface area contributed by atoms with Crippen LogP contribution < -0.4 is 15.6 Å². The van der Waals surface area contributed by atoms with Crippen molar-refractivity contribution in [2.75, 3.05) is 13.7 Å². The third kappa shape index (κ3) is 3.61. The average Bonchev–Trinajstić information content (AvgIpc) is 3.27. The smallest absolute Gasteiger partial charge is 0.417 e. The number of rotatable bonds is 3. The summed E-state index contributed by atoms with van der Waals surface area (Å²) in [7, 11) is 1.29. The Morgan fingerprint density at radius 2 is 2.06 bits per heavy atom. The van der Waals surface area contributed by atoms with Gasteiger partial charge in [-0.25, -0.2) is 14.2 Å². The molecule has 1 saturated heterocycles. The van der Waals surface area contributed by atoms with Crippen LogP contribution in [0.1, 0.15) is 30.3 Å². The Morgan fingerprint density at radius 1 is 1.29 bits per heavy atom. The number of ether oxygens (including phenoxy) is 1. The zero-order chi connectivity index (χ0) is 22.3. The predicted molar refractivity (Wildman–Crippen MR) is 105 cm³/mol. The highest BCUT2D eigenvalue weighted by Crippen LogP contribution is 2.37. The Balaban J connectivity index is 2.11. The van der Waals surface area contributed by atoms with E-state index >= 15 is 0 Å². The molecule has 1 aromatic heterocycles. The van der Waals surface area contributed by atoms with Crippen LogP contribution in [0.15, 0.2) is 35.1 Å². The van der Waals surface area contributed by atoms with E-state index in [1.807, 2.05) is 0 Å². The number of aromatic nitrogens is 2. The van der Waals surface area contributed by atoms with E-state index in [1.165, 1.54) is 19.2 Å². The van der Waals surface area contributed by atoms with E-state index in [4.69, 9.17) is 11.3 Å². The van der Waals surface area contributed by atoms with Crippen molar-refractivity contribution in [1.29, 1.82) is 0 Å². The maximum atomic E-state index is 14.4. The molecule has 160 valence electrons. The van der Waals surface area contributed by atoms with Crippen LogP contribution in [0.5, 0.6) is 5.75 Å². The molecule has 1 aliphatic heterocycles. The number of hydrogen-bond acceptors (Lipinski definition) is 4. The highest BCUT2D eigenvalue weighted by Gasteiger charge is 2.35. The molecule has 4 rings (SSSR count). The van der Waals surface area contributed by atoms with Crippen molar-refractivity contribution in [2.24, 2.45) is 0 Å². The molecule has 0 bridgehead atoms. The minimum Gasteiger partial charge on any atom is -0.494 e. The zero-order valence-corrected chi connectivity index (χ0v) is 16.3. The Hall–Kier alpha value is -3.45. The van der Waals surface area contributed by atoms with Crippen molar-refractivity contribution in [3.05, 3.63) is 69.3 Å². The summed E-state index contributed by atoms with van der Waals surface area (Å²) in [5.74, 6) is -0.718. The fourth-order valence-electron chi connectivity index (χ4n) is 3.75. The number of benzene rings is 2. The van der Waals surface area contributed by atoms with E-state index in [0.29, 0.717) is 19.0 Å². The first kappa shape index (κ1) is 20.8. The number of nitrogens with one attached hydrogen (secondary N) is 1. The molecule has 2 heterocycles. The van der Waals surface area contributed by atoms with Gasteiger partial charge in [-0.1, -0.05) is 0 Å². The van der Waals surface area contributed by atoms with E-state index in [9.17, 15) is 22.4 Å². The maximum Gasteiger partial charge on any atom is 0.417 e. The van der Waals surface area contributed by atoms with Crippen LogP contribution in [0, 0.1) is 12.4 Å². The second kappa shape index (κ2) is 7.67. The minimum absolute atomic E-state index is 0.0410. The second-order valence-corrected chi connectivity index (χ2v) is 7.08. The normalized spacial score (nSPS) is 16.5. The van der Waals surface area contributed by atoms with Crippen LogP contribution in [0.25, 0.3) is 21.4 Å². The summed E-state index contributed by atoms with van der Waals surface area (Å²) < 4.78 is 61.5. The van der Waals surface area contributed by atoms with Gasteiger partial charge in [0.15, 0.2) is 17.3 Å². The van der Waals surface area contributed by atoms with Crippen LogP contribution in [0.4, 0.5) is 23.2 Å². The third-order valence-corrected chi connectivity index (χ3v) is 5.18. The molecule has 0 saturated carbocycles. The molecule has 0 aliphatic carbocycles. The molecule has 10 heteroatoms. The Labute approximate surface area is 173 Å². The number of fused-ring (bicyclic) bond motifs is 1. The average molecular weight is 432 g/mol. The van der Waals surface area contributed by atoms with E-state index in [2.05, 4.69) is 15.1 Å². The Kier molecular flexibility index (Phi) is 5.15. The Bertz CT molecular complexity index is 1270. The molecule has 0 spiro atoms. The quantitative estimate of drug-likeness (QED) is 0.488. The van der Waals surface area contributed by atoms with Gasteiger partial charge in [-0.05, 0) is 43.7 Å². The van der Waals surface area contributed by atoms with Gasteiger partial charge in [0.2, 0.25) is 0 Å². The lowest BCUT2D eigenvalue weighted by molar-refractivity contribution is -0.136. The van der Waals surface area contributed by atoms with E-state index in [1.54, 1.807) is 0 Å². The summed E-state index contributed by atoms with van der Waals surface area (Å²) >= 11 is 0. The third-order valence-electron chi connectivity index (χ3n) is 5.18. The standard InChI is InChI=1S/C21H16F4N4O2/c1-26-11-8-13-18(14(9-11)21(23,24)25)28-19(16-4-3-7-27-16)29(20(13)30)12-5-6-17(31-2)15(22)10-12/h5-6,8-10,16,27H,3-4,7H2,2H3/t16-/m1/s1. The molecule has 1 N–H and O–H groups in total. The highest BCUT2D eigenvalue weighted by atomic mass is 19.4. The van der Waals surface area contributed by atoms with Crippen LogP contribution >= 0.6 is 0 Å². The highest BCUT2D eigenvalue weighted by molar-refractivity contribution is 5.86. The summed E-state index contributed by atoms with van der Waals surface area (Å²) in [6.07, 6.45) is -3.51. The van der Waals surface area contributed by atoms with Gasteiger partial charge in [-0.15, -0.1) is 0 Å². The van der Waals surface area contributed by atoms with Gasteiger partial charge < -0.3 is 10.1 Å². The first-order valence-electron chi connectivity index (χ1n) is 9.37. The van der Waals surface area contributed by atoms with Gasteiger partial charge in [-0.2, -0.15) is 13.2 Å². The van der Waals surface area contributed by atoms with Crippen LogP contribution in [-0.2, 0) is 6.18 Å². The lowest BCUT2D eigenvalue weighted by Crippen LogP contribution is -2.29. The lowest BCUT2D eigenvalue weighted by Gasteiger charge is -2.20. The summed E-state index contributed by atoms with van der Waals surface area (Å²) in [6.45, 7) is 7.72. The molecule has 1 aliphatic rings.